The van der Waals surface area contributed by atoms with Crippen LogP contribution in [0.25, 0.3) is 0 Å². The fourth-order valence-electron chi connectivity index (χ4n) is 2.45. The zero-order valence-corrected chi connectivity index (χ0v) is 12.1. The lowest BCUT2D eigenvalue weighted by Gasteiger charge is -2.32. The van der Waals surface area contributed by atoms with Crippen LogP contribution in [-0.4, -0.2) is 50.5 Å². The fraction of sp³-hybridized carbons (Fsp3) is 0.583. The van der Waals surface area contributed by atoms with Crippen molar-refractivity contribution in [1.82, 2.24) is 20.0 Å². The highest BCUT2D eigenvalue weighted by Gasteiger charge is 2.30. The third-order valence-corrected chi connectivity index (χ3v) is 3.63. The van der Waals surface area contributed by atoms with E-state index in [9.17, 15) is 19.7 Å². The normalized spacial score (nSPS) is 18.5. The first kappa shape index (κ1) is 14.9. The Morgan fingerprint density at radius 1 is 1.52 bits per heavy atom. The van der Waals surface area contributed by atoms with E-state index in [1.807, 2.05) is 0 Å². The van der Waals surface area contributed by atoms with E-state index in [2.05, 4.69) is 10.4 Å². The van der Waals surface area contributed by atoms with Gasteiger partial charge in [0.15, 0.2) is 0 Å². The molecular formula is C12H17N5O4. The van der Waals surface area contributed by atoms with Crippen molar-refractivity contribution < 1.29 is 14.5 Å². The van der Waals surface area contributed by atoms with E-state index in [0.29, 0.717) is 18.8 Å². The molecule has 1 atom stereocenters. The van der Waals surface area contributed by atoms with E-state index in [-0.39, 0.29) is 29.7 Å². The summed E-state index contributed by atoms with van der Waals surface area (Å²) < 4.78 is 1.31. The van der Waals surface area contributed by atoms with Gasteiger partial charge in [-0.25, -0.2) is 0 Å². The Hall–Kier alpha value is -2.45. The molecule has 2 rings (SSSR count). The number of nitrogens with zero attached hydrogens (tertiary/aromatic N) is 4. The molecule has 114 valence electrons. The second-order valence-corrected chi connectivity index (χ2v) is 4.99. The van der Waals surface area contributed by atoms with Crippen LogP contribution in [0.15, 0.2) is 0 Å². The highest BCUT2D eigenvalue weighted by atomic mass is 16.6. The Morgan fingerprint density at radius 3 is 2.76 bits per heavy atom. The number of aryl methyl sites for hydroxylation is 1. The van der Waals surface area contributed by atoms with Gasteiger partial charge in [0.1, 0.15) is 24.0 Å². The summed E-state index contributed by atoms with van der Waals surface area (Å²) in [6.07, 6.45) is 0. The quantitative estimate of drug-likeness (QED) is 0.611. The summed E-state index contributed by atoms with van der Waals surface area (Å²) in [5.74, 6) is -0.480. The monoisotopic (exact) mass is 295 g/mol. The van der Waals surface area contributed by atoms with Gasteiger partial charge in [0.25, 0.3) is 0 Å². The smallest absolute Gasteiger partial charge is 0.312 e. The van der Waals surface area contributed by atoms with Crippen LogP contribution in [-0.2, 0) is 16.1 Å². The van der Waals surface area contributed by atoms with E-state index in [1.165, 1.54) is 16.5 Å². The van der Waals surface area contributed by atoms with Gasteiger partial charge in [-0.2, -0.15) is 5.10 Å². The van der Waals surface area contributed by atoms with Gasteiger partial charge in [0.05, 0.1) is 4.92 Å². The first-order valence-corrected chi connectivity index (χ1v) is 6.58. The van der Waals surface area contributed by atoms with Crippen LogP contribution in [0.3, 0.4) is 0 Å². The summed E-state index contributed by atoms with van der Waals surface area (Å²) in [4.78, 5) is 35.7. The number of piperazine rings is 1. The average molecular weight is 295 g/mol. The number of carbonyl (C=O) groups is 2. The van der Waals surface area contributed by atoms with E-state index < -0.39 is 11.0 Å². The lowest BCUT2D eigenvalue weighted by atomic mass is 10.2. The van der Waals surface area contributed by atoms with Gasteiger partial charge >= 0.3 is 5.69 Å². The molecule has 0 aliphatic carbocycles. The van der Waals surface area contributed by atoms with Crippen LogP contribution in [0.2, 0.25) is 0 Å². The number of amides is 2. The van der Waals surface area contributed by atoms with Gasteiger partial charge in [-0.1, -0.05) is 0 Å². The van der Waals surface area contributed by atoms with Gasteiger partial charge in [-0.05, 0) is 20.8 Å². The summed E-state index contributed by atoms with van der Waals surface area (Å²) in [5, 5.41) is 17.7. The van der Waals surface area contributed by atoms with Crippen molar-refractivity contribution in [2.24, 2.45) is 0 Å². The Bertz CT molecular complexity index is 609. The van der Waals surface area contributed by atoms with Crippen molar-refractivity contribution in [3.63, 3.8) is 0 Å². The predicted octanol–water partition coefficient (Wildman–Crippen LogP) is -0.245. The molecule has 0 saturated carbocycles. The van der Waals surface area contributed by atoms with E-state index >= 15 is 0 Å². The van der Waals surface area contributed by atoms with Gasteiger partial charge in [-0.15, -0.1) is 0 Å². The summed E-state index contributed by atoms with van der Waals surface area (Å²) in [6.45, 7) is 5.45. The van der Waals surface area contributed by atoms with Gasteiger partial charge in [0.2, 0.25) is 11.8 Å². The zero-order chi connectivity index (χ0) is 15.7. The highest BCUT2D eigenvalue weighted by molar-refractivity contribution is 5.88. The first-order valence-electron chi connectivity index (χ1n) is 6.58. The second-order valence-electron chi connectivity index (χ2n) is 4.99. The molecule has 2 amide bonds. The van der Waals surface area contributed by atoms with Crippen LogP contribution in [0.5, 0.6) is 0 Å². The number of nitrogens with one attached hydrogen (secondary N) is 1. The van der Waals surface area contributed by atoms with Gasteiger partial charge in [0, 0.05) is 13.1 Å². The first-order chi connectivity index (χ1) is 9.82. The van der Waals surface area contributed by atoms with E-state index in [4.69, 9.17) is 0 Å². The van der Waals surface area contributed by atoms with Crippen molar-refractivity contribution in [2.45, 2.75) is 33.4 Å². The molecule has 21 heavy (non-hydrogen) atoms. The van der Waals surface area contributed by atoms with Crippen molar-refractivity contribution in [1.29, 1.82) is 0 Å². The second kappa shape index (κ2) is 5.51. The molecule has 1 N–H and O–H groups in total. The largest absolute Gasteiger partial charge is 0.353 e. The van der Waals surface area contributed by atoms with Crippen LogP contribution < -0.4 is 5.32 Å². The van der Waals surface area contributed by atoms with E-state index in [1.54, 1.807) is 13.8 Å². The number of hydrogen-bond donors (Lipinski definition) is 1. The minimum absolute atomic E-state index is 0.0766. The average Bonchev–Trinajstić information content (AvgIpc) is 2.67. The Labute approximate surface area is 121 Å². The molecular weight excluding hydrogens is 278 g/mol. The summed E-state index contributed by atoms with van der Waals surface area (Å²) >= 11 is 0. The zero-order valence-electron chi connectivity index (χ0n) is 12.1. The van der Waals surface area contributed by atoms with Crippen molar-refractivity contribution >= 4 is 17.5 Å². The number of rotatable bonds is 3. The topological polar surface area (TPSA) is 110 Å². The molecule has 0 radical (unpaired) electrons. The van der Waals surface area contributed by atoms with E-state index in [0.717, 1.165) is 0 Å². The van der Waals surface area contributed by atoms with Crippen LogP contribution in [0.4, 0.5) is 5.69 Å². The summed E-state index contributed by atoms with van der Waals surface area (Å²) in [6, 6.07) is -0.543. The summed E-state index contributed by atoms with van der Waals surface area (Å²) in [7, 11) is 0. The minimum atomic E-state index is -0.543. The molecule has 0 bridgehead atoms. The van der Waals surface area contributed by atoms with Crippen molar-refractivity contribution in [3.8, 4) is 0 Å². The molecule has 1 fully saturated rings. The number of hydrogen-bond acceptors (Lipinski definition) is 5. The van der Waals surface area contributed by atoms with Crippen LogP contribution in [0, 0.1) is 24.0 Å². The predicted molar refractivity (Wildman–Crippen MR) is 72.5 cm³/mol. The lowest BCUT2D eigenvalue weighted by molar-refractivity contribution is -0.386. The maximum Gasteiger partial charge on any atom is 0.312 e. The lowest BCUT2D eigenvalue weighted by Crippen LogP contribution is -2.56. The Balaban J connectivity index is 2.18. The molecule has 9 heteroatoms. The molecule has 1 unspecified atom stereocenters. The van der Waals surface area contributed by atoms with Crippen molar-refractivity contribution in [3.05, 3.63) is 21.5 Å². The maximum atomic E-state index is 12.3. The van der Waals surface area contributed by atoms with Gasteiger partial charge in [-0.3, -0.25) is 24.4 Å². The Morgan fingerprint density at radius 2 is 2.19 bits per heavy atom. The Kier molecular flexibility index (Phi) is 3.92. The fourth-order valence-corrected chi connectivity index (χ4v) is 2.45. The molecule has 1 aromatic rings. The molecule has 2 heterocycles. The maximum absolute atomic E-state index is 12.3. The number of carbonyl (C=O) groups excluding carboxylic acids is 2. The van der Waals surface area contributed by atoms with Crippen LogP contribution in [0.1, 0.15) is 18.3 Å². The SMILES string of the molecule is Cc1nn(CC(=O)N2CCNC(=O)C2C)c(C)c1[N+](=O)[O-]. The third kappa shape index (κ3) is 2.71. The molecule has 1 aliphatic rings. The van der Waals surface area contributed by atoms with Crippen molar-refractivity contribution in [2.75, 3.05) is 13.1 Å². The number of aromatic nitrogens is 2. The minimum Gasteiger partial charge on any atom is -0.353 e. The van der Waals surface area contributed by atoms with Gasteiger partial charge < -0.3 is 10.2 Å². The van der Waals surface area contributed by atoms with Crippen LogP contribution >= 0.6 is 0 Å². The summed E-state index contributed by atoms with van der Waals surface area (Å²) in [5.41, 5.74) is 0.530. The standard InChI is InChI=1S/C12H17N5O4/c1-7-11(17(20)21)8(2)16(14-7)6-10(18)15-5-4-13-12(19)9(15)3/h9H,4-6H2,1-3H3,(H,13,19). The third-order valence-electron chi connectivity index (χ3n) is 3.63. The molecule has 9 nitrogen and oxygen atoms in total. The highest BCUT2D eigenvalue weighted by Crippen LogP contribution is 2.21. The molecule has 1 aliphatic heterocycles. The molecule has 0 spiro atoms. The molecule has 0 aromatic carbocycles. The number of nitro groups is 1. The molecule has 1 aromatic heterocycles. The molecule has 1 saturated heterocycles.